The van der Waals surface area contributed by atoms with E-state index in [0.29, 0.717) is 33.6 Å². The van der Waals surface area contributed by atoms with Crippen LogP contribution in [0, 0.1) is 10.1 Å². The number of hydrogen-bond acceptors (Lipinski definition) is 8. The summed E-state index contributed by atoms with van der Waals surface area (Å²) < 4.78 is 38.1. The molecule has 2 aromatic carbocycles. The summed E-state index contributed by atoms with van der Waals surface area (Å²) in [6.45, 7) is 0. The first-order chi connectivity index (χ1) is 18.6. The number of benzene rings is 2. The van der Waals surface area contributed by atoms with Crippen LogP contribution >= 0.6 is 12.2 Å². The van der Waals surface area contributed by atoms with Crippen molar-refractivity contribution >= 4 is 44.4 Å². The second kappa shape index (κ2) is 10.3. The van der Waals surface area contributed by atoms with Crippen molar-refractivity contribution in [3.8, 4) is 17.1 Å². The number of hydrogen-bond donors (Lipinski definition) is 2. The molecule has 3 heterocycles. The third-order valence-electron chi connectivity index (χ3n) is 6.14. The number of non-ortho nitro benzene ring substituents is 1. The van der Waals surface area contributed by atoms with E-state index in [2.05, 4.69) is 15.0 Å². The molecule has 1 aliphatic rings. The number of methoxy groups -OCH3 is 1. The van der Waals surface area contributed by atoms with E-state index in [1.165, 1.54) is 19.2 Å². The second-order valence-electron chi connectivity index (χ2n) is 8.76. The molecule has 39 heavy (non-hydrogen) atoms. The Hall–Kier alpha value is -4.49. The maximum atomic E-state index is 12.0. The Balaban J connectivity index is 1.59. The topological polar surface area (TPSA) is 140 Å². The fraction of sp³-hybridized carbons (Fsp3) is 0.154. The van der Waals surface area contributed by atoms with Crippen LogP contribution in [0.15, 0.2) is 83.4 Å². The lowest BCUT2D eigenvalue weighted by atomic mass is 10.0. The van der Waals surface area contributed by atoms with Crippen molar-refractivity contribution in [2.24, 2.45) is 0 Å². The molecule has 0 radical (unpaired) electrons. The Bertz CT molecular complexity index is 1640. The second-order valence-corrected chi connectivity index (χ2v) is 10.9. The van der Waals surface area contributed by atoms with Gasteiger partial charge in [-0.2, -0.15) is 0 Å². The summed E-state index contributed by atoms with van der Waals surface area (Å²) in [5.74, 6) is 1.42. The van der Waals surface area contributed by atoms with Gasteiger partial charge in [-0.3, -0.25) is 19.8 Å². The Morgan fingerprint density at radius 3 is 2.54 bits per heavy atom. The number of nitro groups is 1. The molecule has 1 aliphatic heterocycles. The SMILES string of the molecule is COc1ccc(N2C(=S)NC(c3ccccn3)C2c2ccc(-c3ccc([N+](=O)[O-])cc3)o2)cc1NS(C)(=O)=O. The summed E-state index contributed by atoms with van der Waals surface area (Å²) in [6.07, 6.45) is 2.75. The Kier molecular flexibility index (Phi) is 6.93. The monoisotopic (exact) mass is 565 g/mol. The molecule has 200 valence electrons. The number of ether oxygens (including phenoxy) is 1. The number of furan rings is 1. The average Bonchev–Trinajstić information content (AvgIpc) is 3.53. The first kappa shape index (κ1) is 26.1. The van der Waals surface area contributed by atoms with Gasteiger partial charge in [0, 0.05) is 29.6 Å². The molecule has 2 aromatic heterocycles. The van der Waals surface area contributed by atoms with Crippen molar-refractivity contribution in [1.82, 2.24) is 10.3 Å². The van der Waals surface area contributed by atoms with Gasteiger partial charge >= 0.3 is 0 Å². The maximum absolute atomic E-state index is 12.0. The minimum Gasteiger partial charge on any atom is -0.495 e. The van der Waals surface area contributed by atoms with E-state index in [1.807, 2.05) is 29.2 Å². The molecule has 0 amide bonds. The number of rotatable bonds is 8. The number of nitrogens with one attached hydrogen (secondary N) is 2. The van der Waals surface area contributed by atoms with Crippen LogP contribution in [-0.4, -0.2) is 36.8 Å². The number of pyridine rings is 1. The van der Waals surface area contributed by atoms with Crippen LogP contribution in [0.2, 0.25) is 0 Å². The summed E-state index contributed by atoms with van der Waals surface area (Å²) in [4.78, 5) is 16.9. The molecule has 0 spiro atoms. The summed E-state index contributed by atoms with van der Waals surface area (Å²) in [5, 5.41) is 14.8. The largest absolute Gasteiger partial charge is 0.495 e. The first-order valence-electron chi connectivity index (χ1n) is 11.7. The van der Waals surface area contributed by atoms with Gasteiger partial charge in [0.1, 0.15) is 23.3 Å². The van der Waals surface area contributed by atoms with E-state index in [4.69, 9.17) is 21.4 Å². The number of sulfonamides is 1. The summed E-state index contributed by atoms with van der Waals surface area (Å²) in [7, 11) is -2.14. The van der Waals surface area contributed by atoms with Gasteiger partial charge < -0.3 is 19.4 Å². The maximum Gasteiger partial charge on any atom is 0.269 e. The third-order valence-corrected chi connectivity index (χ3v) is 7.04. The highest BCUT2D eigenvalue weighted by molar-refractivity contribution is 7.92. The lowest BCUT2D eigenvalue weighted by molar-refractivity contribution is -0.384. The van der Waals surface area contributed by atoms with Crippen molar-refractivity contribution in [2.75, 3.05) is 23.0 Å². The quantitative estimate of drug-likeness (QED) is 0.174. The molecule has 0 bridgehead atoms. The zero-order chi connectivity index (χ0) is 27.7. The zero-order valence-electron chi connectivity index (χ0n) is 20.8. The van der Waals surface area contributed by atoms with Crippen molar-refractivity contribution < 1.29 is 22.5 Å². The number of anilines is 2. The van der Waals surface area contributed by atoms with Crippen molar-refractivity contribution in [2.45, 2.75) is 12.1 Å². The Morgan fingerprint density at radius 2 is 1.90 bits per heavy atom. The molecule has 13 heteroatoms. The molecule has 2 unspecified atom stereocenters. The van der Waals surface area contributed by atoms with Crippen LogP contribution in [0.1, 0.15) is 23.5 Å². The highest BCUT2D eigenvalue weighted by atomic mass is 32.2. The fourth-order valence-corrected chi connectivity index (χ4v) is 5.37. The van der Waals surface area contributed by atoms with E-state index < -0.39 is 27.0 Å². The van der Waals surface area contributed by atoms with Crippen LogP contribution in [-0.2, 0) is 10.0 Å². The molecule has 0 aliphatic carbocycles. The molecule has 2 N–H and O–H groups in total. The highest BCUT2D eigenvalue weighted by Crippen LogP contribution is 2.44. The minimum atomic E-state index is -3.59. The van der Waals surface area contributed by atoms with Crippen LogP contribution in [0.25, 0.3) is 11.3 Å². The lowest BCUT2D eigenvalue weighted by Crippen LogP contribution is -2.29. The average molecular weight is 566 g/mol. The van der Waals surface area contributed by atoms with Crippen LogP contribution < -0.4 is 19.7 Å². The van der Waals surface area contributed by atoms with E-state index in [9.17, 15) is 18.5 Å². The van der Waals surface area contributed by atoms with E-state index in [0.717, 1.165) is 11.9 Å². The highest BCUT2D eigenvalue weighted by Gasteiger charge is 2.43. The van der Waals surface area contributed by atoms with Gasteiger partial charge in [0.15, 0.2) is 5.11 Å². The van der Waals surface area contributed by atoms with Gasteiger partial charge in [-0.15, -0.1) is 0 Å². The van der Waals surface area contributed by atoms with Gasteiger partial charge in [0.25, 0.3) is 5.69 Å². The number of aromatic nitrogens is 1. The summed E-state index contributed by atoms with van der Waals surface area (Å²) in [6, 6.07) is 19.4. The van der Waals surface area contributed by atoms with Crippen molar-refractivity contribution in [3.05, 3.63) is 101 Å². The molecular formula is C26H23N5O6S2. The molecule has 2 atom stereocenters. The van der Waals surface area contributed by atoms with E-state index in [-0.39, 0.29) is 11.4 Å². The predicted molar refractivity (Wildman–Crippen MR) is 150 cm³/mol. The number of thiocarbonyl (C=S) groups is 1. The Morgan fingerprint density at radius 1 is 1.13 bits per heavy atom. The first-order valence-corrected chi connectivity index (χ1v) is 14.0. The van der Waals surface area contributed by atoms with Gasteiger partial charge in [-0.1, -0.05) is 6.07 Å². The standard InChI is InChI=1S/C26H23N5O6S2/c1-36-22-11-10-18(15-20(22)29-39(2,34)35)30-25(24(28-26(30)38)19-5-3-4-14-27-19)23-13-12-21(37-23)16-6-8-17(9-7-16)31(32)33/h3-15,24-25,29H,1-2H3,(H,28,38). The van der Waals surface area contributed by atoms with Crippen LogP contribution in [0.5, 0.6) is 5.75 Å². The smallest absolute Gasteiger partial charge is 0.269 e. The van der Waals surface area contributed by atoms with Crippen molar-refractivity contribution in [3.63, 3.8) is 0 Å². The normalized spacial score (nSPS) is 17.1. The van der Waals surface area contributed by atoms with Crippen LogP contribution in [0.4, 0.5) is 17.1 Å². The number of nitrogens with zero attached hydrogens (tertiary/aromatic N) is 3. The Labute approximate surface area is 229 Å². The molecular weight excluding hydrogens is 542 g/mol. The molecule has 11 nitrogen and oxygen atoms in total. The minimum absolute atomic E-state index is 0.0183. The molecule has 5 rings (SSSR count). The third kappa shape index (κ3) is 5.40. The fourth-order valence-electron chi connectivity index (χ4n) is 4.46. The van der Waals surface area contributed by atoms with Gasteiger partial charge in [0.05, 0.1) is 35.7 Å². The molecule has 1 fully saturated rings. The lowest BCUT2D eigenvalue weighted by Gasteiger charge is -2.27. The predicted octanol–water partition coefficient (Wildman–Crippen LogP) is 4.81. The molecule has 0 saturated carbocycles. The summed E-state index contributed by atoms with van der Waals surface area (Å²) in [5.41, 5.74) is 2.23. The van der Waals surface area contributed by atoms with E-state index in [1.54, 1.807) is 42.6 Å². The van der Waals surface area contributed by atoms with Crippen LogP contribution in [0.3, 0.4) is 0 Å². The van der Waals surface area contributed by atoms with Gasteiger partial charge in [-0.05, 0) is 66.8 Å². The zero-order valence-corrected chi connectivity index (χ0v) is 22.4. The van der Waals surface area contributed by atoms with E-state index >= 15 is 0 Å². The van der Waals surface area contributed by atoms with Crippen molar-refractivity contribution in [1.29, 1.82) is 0 Å². The molecule has 4 aromatic rings. The number of nitro benzene ring substituents is 1. The van der Waals surface area contributed by atoms with Gasteiger partial charge in [-0.25, -0.2) is 8.42 Å². The summed E-state index contributed by atoms with van der Waals surface area (Å²) >= 11 is 5.74. The van der Waals surface area contributed by atoms with Gasteiger partial charge in [0.2, 0.25) is 10.0 Å². The molecule has 1 saturated heterocycles.